The summed E-state index contributed by atoms with van der Waals surface area (Å²) in [7, 11) is 0. The Morgan fingerprint density at radius 3 is 2.83 bits per heavy atom. The van der Waals surface area contributed by atoms with E-state index in [1.807, 2.05) is 10.8 Å². The molecule has 0 aliphatic heterocycles. The second-order valence-electron chi connectivity index (χ2n) is 2.12. The highest BCUT2D eigenvalue weighted by Crippen LogP contribution is 2.25. The molecule has 0 bridgehead atoms. The van der Waals surface area contributed by atoms with Crippen LogP contribution < -0.4 is 0 Å². The molecule has 2 rings (SSSR count). The van der Waals surface area contributed by atoms with Crippen LogP contribution in [0.15, 0.2) is 23.5 Å². The molecule has 4 heteroatoms. The van der Waals surface area contributed by atoms with Gasteiger partial charge in [0.15, 0.2) is 10.0 Å². The first-order valence-corrected chi connectivity index (χ1v) is 5.14. The van der Waals surface area contributed by atoms with Crippen molar-refractivity contribution in [1.29, 1.82) is 0 Å². The van der Waals surface area contributed by atoms with Crippen LogP contribution in [0.2, 0.25) is 0 Å². The summed E-state index contributed by atoms with van der Waals surface area (Å²) in [6, 6.07) is 0. The second kappa shape index (κ2) is 3.16. The third kappa shape index (κ3) is 1.31. The zero-order valence-corrected chi connectivity index (χ0v) is 7.86. The van der Waals surface area contributed by atoms with Crippen molar-refractivity contribution in [3.63, 3.8) is 0 Å². The molecular weight excluding hydrogens is 188 g/mol. The van der Waals surface area contributed by atoms with Gasteiger partial charge in [-0.25, -0.2) is 9.97 Å². The topological polar surface area (TPSA) is 25.8 Å². The van der Waals surface area contributed by atoms with E-state index in [1.54, 1.807) is 34.9 Å². The molecule has 2 nitrogen and oxygen atoms in total. The number of rotatable bonds is 2. The van der Waals surface area contributed by atoms with Gasteiger partial charge in [-0.1, -0.05) is 6.58 Å². The van der Waals surface area contributed by atoms with Crippen LogP contribution in [0, 0.1) is 0 Å². The van der Waals surface area contributed by atoms with Crippen LogP contribution in [-0.2, 0) is 0 Å². The molecule has 0 aromatic carbocycles. The number of hydrogen-bond acceptors (Lipinski definition) is 4. The molecule has 0 amide bonds. The summed E-state index contributed by atoms with van der Waals surface area (Å²) in [4.78, 5) is 8.49. The van der Waals surface area contributed by atoms with Crippen LogP contribution in [0.5, 0.6) is 0 Å². The third-order valence-corrected chi connectivity index (χ3v) is 3.12. The Kier molecular flexibility index (Phi) is 2.01. The average Bonchev–Trinajstić information content (AvgIpc) is 2.75. The Morgan fingerprint density at radius 1 is 1.33 bits per heavy atom. The van der Waals surface area contributed by atoms with Crippen LogP contribution in [0.3, 0.4) is 0 Å². The van der Waals surface area contributed by atoms with Gasteiger partial charge >= 0.3 is 0 Å². The van der Waals surface area contributed by atoms with Gasteiger partial charge in [-0.05, 0) is 6.08 Å². The first kappa shape index (κ1) is 7.64. The van der Waals surface area contributed by atoms with Crippen molar-refractivity contribution in [2.45, 2.75) is 0 Å². The Hall–Kier alpha value is -1.00. The van der Waals surface area contributed by atoms with Gasteiger partial charge in [0.1, 0.15) is 0 Å². The van der Waals surface area contributed by atoms with Crippen molar-refractivity contribution >= 4 is 28.7 Å². The highest BCUT2D eigenvalue weighted by Gasteiger charge is 2.03. The summed E-state index contributed by atoms with van der Waals surface area (Å²) in [5, 5.41) is 5.88. The molecule has 0 aliphatic carbocycles. The van der Waals surface area contributed by atoms with Gasteiger partial charge in [-0.15, -0.1) is 22.7 Å². The van der Waals surface area contributed by atoms with Gasteiger partial charge in [0, 0.05) is 17.0 Å². The van der Waals surface area contributed by atoms with Crippen molar-refractivity contribution in [2.75, 3.05) is 0 Å². The predicted octanol–water partition coefficient (Wildman–Crippen LogP) is 2.91. The highest BCUT2D eigenvalue weighted by molar-refractivity contribution is 7.19. The monoisotopic (exact) mass is 194 g/mol. The van der Waals surface area contributed by atoms with E-state index < -0.39 is 0 Å². The molecule has 12 heavy (non-hydrogen) atoms. The van der Waals surface area contributed by atoms with Crippen LogP contribution in [0.25, 0.3) is 16.1 Å². The Morgan fingerprint density at radius 2 is 2.25 bits per heavy atom. The fraction of sp³-hybridized carbons (Fsp3) is 0. The van der Waals surface area contributed by atoms with Gasteiger partial charge < -0.3 is 0 Å². The van der Waals surface area contributed by atoms with Gasteiger partial charge in [0.25, 0.3) is 0 Å². The lowest BCUT2D eigenvalue weighted by atomic mass is 10.5. The van der Waals surface area contributed by atoms with E-state index in [4.69, 9.17) is 0 Å². The van der Waals surface area contributed by atoms with E-state index in [1.165, 1.54) is 0 Å². The minimum absolute atomic E-state index is 0.921. The lowest BCUT2D eigenvalue weighted by molar-refractivity contribution is 1.34. The summed E-state index contributed by atoms with van der Waals surface area (Å²) in [5.41, 5.74) is 0.921. The largest absolute Gasteiger partial charge is 0.242 e. The van der Waals surface area contributed by atoms with Crippen molar-refractivity contribution in [3.8, 4) is 10.0 Å². The molecule has 0 radical (unpaired) electrons. The Labute approximate surface area is 78.2 Å². The number of thiazole rings is 2. The zero-order valence-electron chi connectivity index (χ0n) is 6.23. The Balaban J connectivity index is 2.41. The fourth-order valence-electron chi connectivity index (χ4n) is 0.807. The molecule has 60 valence electrons. The maximum atomic E-state index is 4.32. The van der Waals surface area contributed by atoms with Gasteiger partial charge in [0.05, 0.1) is 5.69 Å². The van der Waals surface area contributed by atoms with Crippen LogP contribution >= 0.6 is 22.7 Å². The summed E-state index contributed by atoms with van der Waals surface area (Å²) in [5.74, 6) is 0. The minimum Gasteiger partial charge on any atom is -0.242 e. The Bertz CT molecular complexity index is 375. The van der Waals surface area contributed by atoms with E-state index in [2.05, 4.69) is 16.5 Å². The quantitative estimate of drug-likeness (QED) is 0.734. The average molecular weight is 194 g/mol. The maximum absolute atomic E-state index is 4.32. The first-order chi connectivity index (χ1) is 5.90. The molecule has 0 spiro atoms. The maximum Gasteiger partial charge on any atom is 0.152 e. The number of nitrogens with zero attached hydrogens (tertiary/aromatic N) is 2. The van der Waals surface area contributed by atoms with Crippen molar-refractivity contribution in [2.24, 2.45) is 0 Å². The molecule has 0 aliphatic rings. The van der Waals surface area contributed by atoms with Crippen LogP contribution in [0.1, 0.15) is 5.69 Å². The van der Waals surface area contributed by atoms with E-state index in [0.717, 1.165) is 15.7 Å². The van der Waals surface area contributed by atoms with Gasteiger partial charge in [-0.3, -0.25) is 0 Å². The normalized spacial score (nSPS) is 10.0. The van der Waals surface area contributed by atoms with Crippen molar-refractivity contribution in [3.05, 3.63) is 29.2 Å². The van der Waals surface area contributed by atoms with Gasteiger partial charge in [0.2, 0.25) is 0 Å². The number of aromatic nitrogens is 2. The van der Waals surface area contributed by atoms with E-state index in [0.29, 0.717) is 0 Å². The molecule has 2 aromatic heterocycles. The highest BCUT2D eigenvalue weighted by atomic mass is 32.1. The first-order valence-electron chi connectivity index (χ1n) is 3.38. The smallest absolute Gasteiger partial charge is 0.152 e. The molecule has 0 saturated heterocycles. The SMILES string of the molecule is C=Cc1csc(-c2nccs2)n1. The van der Waals surface area contributed by atoms with Crippen molar-refractivity contribution in [1.82, 2.24) is 9.97 Å². The second-order valence-corrected chi connectivity index (χ2v) is 3.87. The van der Waals surface area contributed by atoms with E-state index >= 15 is 0 Å². The lowest BCUT2D eigenvalue weighted by Gasteiger charge is -1.83. The van der Waals surface area contributed by atoms with Crippen LogP contribution in [0.4, 0.5) is 0 Å². The molecule has 2 aromatic rings. The molecule has 2 heterocycles. The molecule has 0 unspecified atom stereocenters. The molecule has 0 fully saturated rings. The number of hydrogen-bond donors (Lipinski definition) is 0. The summed E-state index contributed by atoms with van der Waals surface area (Å²) >= 11 is 3.20. The summed E-state index contributed by atoms with van der Waals surface area (Å²) in [6.07, 6.45) is 3.53. The van der Waals surface area contributed by atoms with Crippen LogP contribution in [-0.4, -0.2) is 9.97 Å². The van der Waals surface area contributed by atoms with E-state index in [-0.39, 0.29) is 0 Å². The van der Waals surface area contributed by atoms with Gasteiger partial charge in [-0.2, -0.15) is 0 Å². The third-order valence-electron chi connectivity index (χ3n) is 1.35. The van der Waals surface area contributed by atoms with Crippen molar-refractivity contribution < 1.29 is 0 Å². The molecule has 0 saturated carbocycles. The predicted molar refractivity (Wildman–Crippen MR) is 53.3 cm³/mol. The molecule has 0 atom stereocenters. The standard InChI is InChI=1S/C8H6N2S2/c1-2-6-5-12-8(10-6)7-9-3-4-11-7/h2-5H,1H2. The summed E-state index contributed by atoms with van der Waals surface area (Å²) < 4.78 is 0. The fourth-order valence-corrected chi connectivity index (χ4v) is 2.31. The zero-order chi connectivity index (χ0) is 8.39. The lowest BCUT2D eigenvalue weighted by Crippen LogP contribution is -1.73. The molecular formula is C8H6N2S2. The van der Waals surface area contributed by atoms with E-state index in [9.17, 15) is 0 Å². The minimum atomic E-state index is 0.921. The molecule has 0 N–H and O–H groups in total. The summed E-state index contributed by atoms with van der Waals surface area (Å²) in [6.45, 7) is 3.65.